The zero-order valence-electron chi connectivity index (χ0n) is 12.6. The number of hydrogen-bond donors (Lipinski definition) is 2. The molecule has 0 aliphatic rings. The Morgan fingerprint density at radius 1 is 1.32 bits per heavy atom. The van der Waals surface area contributed by atoms with Crippen molar-refractivity contribution in [1.82, 2.24) is 10.3 Å². The van der Waals surface area contributed by atoms with E-state index in [1.54, 1.807) is 19.1 Å². The average molecular weight is 267 g/mol. The fourth-order valence-electron chi connectivity index (χ4n) is 2.72. The van der Waals surface area contributed by atoms with Crippen LogP contribution in [0.2, 0.25) is 0 Å². The molecule has 0 saturated carbocycles. The Balaban J connectivity index is 3.14. The fourth-order valence-corrected chi connectivity index (χ4v) is 2.72. The first kappa shape index (κ1) is 16.1. The molecule has 1 atom stereocenters. The highest BCUT2D eigenvalue weighted by molar-refractivity contribution is 5.28. The molecule has 0 fully saturated rings. The topological polar surface area (TPSA) is 41.3 Å². The predicted molar refractivity (Wildman–Crippen MR) is 78.2 cm³/mol. The molecule has 0 spiro atoms. The summed E-state index contributed by atoms with van der Waals surface area (Å²) in [6.45, 7) is 12.1. The number of nitrogens with one attached hydrogen (secondary N) is 1. The summed E-state index contributed by atoms with van der Waals surface area (Å²) in [5.74, 6) is 5.54. The van der Waals surface area contributed by atoms with E-state index in [1.807, 2.05) is 6.07 Å². The zero-order valence-corrected chi connectivity index (χ0v) is 12.6. The molecule has 3 nitrogen and oxygen atoms in total. The van der Waals surface area contributed by atoms with Crippen LogP contribution >= 0.6 is 0 Å². The fraction of sp³-hybridized carbons (Fsp3) is 0.600. The molecule has 0 aromatic heterocycles. The number of hydrazine groups is 1. The van der Waals surface area contributed by atoms with Gasteiger partial charge in [0.05, 0.1) is 6.04 Å². The number of nitrogens with two attached hydrogens (primary N) is 1. The normalized spacial score (nSPS) is 13.9. The third-order valence-electron chi connectivity index (χ3n) is 3.98. The van der Waals surface area contributed by atoms with E-state index < -0.39 is 0 Å². The summed E-state index contributed by atoms with van der Waals surface area (Å²) in [7, 11) is 0. The molecule has 1 aromatic rings. The van der Waals surface area contributed by atoms with Gasteiger partial charge in [0.15, 0.2) is 0 Å². The Kier molecular flexibility index (Phi) is 5.47. The molecular weight excluding hydrogens is 241 g/mol. The molecule has 1 unspecified atom stereocenters. The predicted octanol–water partition coefficient (Wildman–Crippen LogP) is 2.76. The minimum atomic E-state index is -0.194. The molecule has 0 saturated heterocycles. The summed E-state index contributed by atoms with van der Waals surface area (Å²) in [5, 5.41) is 0. The summed E-state index contributed by atoms with van der Waals surface area (Å²) < 4.78 is 13.7. The Hall–Kier alpha value is -0.970. The number of likely N-dealkylation sites (N-methyl/N-ethyl adjacent to an activating group) is 1. The van der Waals surface area contributed by atoms with Gasteiger partial charge < -0.3 is 0 Å². The van der Waals surface area contributed by atoms with Crippen molar-refractivity contribution in [1.29, 1.82) is 0 Å². The molecular formula is C15H26FN3. The molecule has 0 aliphatic heterocycles. The van der Waals surface area contributed by atoms with E-state index >= 15 is 0 Å². The van der Waals surface area contributed by atoms with Gasteiger partial charge in [-0.05, 0) is 51.1 Å². The summed E-state index contributed by atoms with van der Waals surface area (Å²) in [5.41, 5.74) is 4.18. The number of halogens is 1. The van der Waals surface area contributed by atoms with Crippen molar-refractivity contribution in [3.8, 4) is 0 Å². The third kappa shape index (κ3) is 3.32. The summed E-state index contributed by atoms with van der Waals surface area (Å²) in [4.78, 5) is 2.31. The average Bonchev–Trinajstić information content (AvgIpc) is 2.35. The number of hydrogen-bond acceptors (Lipinski definition) is 3. The smallest absolute Gasteiger partial charge is 0.126 e. The molecule has 1 aromatic carbocycles. The lowest BCUT2D eigenvalue weighted by Crippen LogP contribution is -2.54. The van der Waals surface area contributed by atoms with Crippen LogP contribution < -0.4 is 11.3 Å². The summed E-state index contributed by atoms with van der Waals surface area (Å²) in [6.07, 6.45) is 0. The van der Waals surface area contributed by atoms with Crippen LogP contribution in [-0.2, 0) is 0 Å². The molecule has 0 aliphatic carbocycles. The minimum Gasteiger partial charge on any atom is -0.297 e. The zero-order chi connectivity index (χ0) is 14.6. The van der Waals surface area contributed by atoms with Gasteiger partial charge in [0.25, 0.3) is 0 Å². The number of rotatable bonds is 6. The largest absolute Gasteiger partial charge is 0.297 e. The Morgan fingerprint density at radius 2 is 1.89 bits per heavy atom. The first-order chi connectivity index (χ1) is 8.88. The highest BCUT2D eigenvalue weighted by Gasteiger charge is 2.34. The number of nitrogens with zero attached hydrogens (tertiary/aromatic N) is 1. The van der Waals surface area contributed by atoms with Gasteiger partial charge in [0.2, 0.25) is 0 Å². The first-order valence-electron chi connectivity index (χ1n) is 6.85. The molecule has 0 radical (unpaired) electrons. The molecule has 3 N–H and O–H groups in total. The Labute approximate surface area is 116 Å². The van der Waals surface area contributed by atoms with E-state index in [2.05, 4.69) is 38.0 Å². The van der Waals surface area contributed by atoms with Gasteiger partial charge in [-0.2, -0.15) is 0 Å². The van der Waals surface area contributed by atoms with Crippen molar-refractivity contribution in [2.75, 3.05) is 13.1 Å². The third-order valence-corrected chi connectivity index (χ3v) is 3.98. The van der Waals surface area contributed by atoms with Crippen LogP contribution in [0.15, 0.2) is 18.2 Å². The molecule has 0 bridgehead atoms. The maximum absolute atomic E-state index is 13.7. The summed E-state index contributed by atoms with van der Waals surface area (Å²) >= 11 is 0. The second-order valence-corrected chi connectivity index (χ2v) is 5.43. The first-order valence-corrected chi connectivity index (χ1v) is 6.85. The van der Waals surface area contributed by atoms with Crippen LogP contribution in [0.3, 0.4) is 0 Å². The number of benzene rings is 1. The van der Waals surface area contributed by atoms with Gasteiger partial charge in [-0.1, -0.05) is 26.0 Å². The molecule has 1 rings (SSSR count). The second-order valence-electron chi connectivity index (χ2n) is 5.43. The number of aryl methyl sites for hydroxylation is 1. The van der Waals surface area contributed by atoms with E-state index in [0.717, 1.165) is 18.7 Å². The van der Waals surface area contributed by atoms with E-state index in [9.17, 15) is 4.39 Å². The monoisotopic (exact) mass is 267 g/mol. The molecule has 19 heavy (non-hydrogen) atoms. The van der Waals surface area contributed by atoms with Crippen molar-refractivity contribution in [2.24, 2.45) is 5.84 Å². The van der Waals surface area contributed by atoms with Crippen LogP contribution in [0.4, 0.5) is 4.39 Å². The van der Waals surface area contributed by atoms with Crippen molar-refractivity contribution in [2.45, 2.75) is 46.2 Å². The van der Waals surface area contributed by atoms with Crippen LogP contribution in [0, 0.1) is 12.7 Å². The quantitative estimate of drug-likeness (QED) is 0.615. The van der Waals surface area contributed by atoms with Crippen LogP contribution in [0.25, 0.3) is 0 Å². The van der Waals surface area contributed by atoms with Crippen molar-refractivity contribution in [3.63, 3.8) is 0 Å². The van der Waals surface area contributed by atoms with Crippen LogP contribution in [0.1, 0.15) is 44.9 Å². The van der Waals surface area contributed by atoms with Gasteiger partial charge in [0, 0.05) is 5.54 Å². The lowest BCUT2D eigenvalue weighted by Gasteiger charge is -2.43. The van der Waals surface area contributed by atoms with Crippen LogP contribution in [-0.4, -0.2) is 23.5 Å². The van der Waals surface area contributed by atoms with Crippen LogP contribution in [0.5, 0.6) is 0 Å². The van der Waals surface area contributed by atoms with E-state index in [-0.39, 0.29) is 17.4 Å². The van der Waals surface area contributed by atoms with E-state index in [1.165, 1.54) is 0 Å². The van der Waals surface area contributed by atoms with Crippen molar-refractivity contribution < 1.29 is 4.39 Å². The van der Waals surface area contributed by atoms with Gasteiger partial charge in [-0.25, -0.2) is 4.39 Å². The Bertz CT molecular complexity index is 414. The molecule has 0 heterocycles. The maximum atomic E-state index is 13.7. The summed E-state index contributed by atoms with van der Waals surface area (Å²) in [6, 6.07) is 5.19. The maximum Gasteiger partial charge on any atom is 0.126 e. The Morgan fingerprint density at radius 3 is 2.32 bits per heavy atom. The standard InChI is InChI=1S/C15H26FN3/c1-6-19(7-2)15(4,5)14(18-17)12-9-8-11(3)13(16)10-12/h8-10,14,18H,6-7,17H2,1-5H3. The minimum absolute atomic E-state index is 0.123. The molecule has 4 heteroatoms. The van der Waals surface area contributed by atoms with Gasteiger partial charge in [0.1, 0.15) is 5.82 Å². The van der Waals surface area contributed by atoms with Crippen molar-refractivity contribution >= 4 is 0 Å². The lowest BCUT2D eigenvalue weighted by molar-refractivity contribution is 0.0911. The van der Waals surface area contributed by atoms with Gasteiger partial charge >= 0.3 is 0 Å². The van der Waals surface area contributed by atoms with Gasteiger partial charge in [-0.3, -0.25) is 16.2 Å². The van der Waals surface area contributed by atoms with E-state index in [0.29, 0.717) is 5.56 Å². The molecule has 108 valence electrons. The van der Waals surface area contributed by atoms with Crippen molar-refractivity contribution in [3.05, 3.63) is 35.1 Å². The second kappa shape index (κ2) is 6.46. The van der Waals surface area contributed by atoms with E-state index in [4.69, 9.17) is 5.84 Å². The van der Waals surface area contributed by atoms with Gasteiger partial charge in [-0.15, -0.1) is 0 Å². The lowest BCUT2D eigenvalue weighted by atomic mass is 9.87. The highest BCUT2D eigenvalue weighted by atomic mass is 19.1. The highest BCUT2D eigenvalue weighted by Crippen LogP contribution is 2.31. The SMILES string of the molecule is CCN(CC)C(C)(C)C(NN)c1ccc(C)c(F)c1. The molecule has 0 amide bonds.